The van der Waals surface area contributed by atoms with Gasteiger partial charge in [-0.2, -0.15) is 0 Å². The molecule has 0 spiro atoms. The van der Waals surface area contributed by atoms with Crippen molar-refractivity contribution in [2.24, 2.45) is 5.92 Å². The number of benzene rings is 1. The Bertz CT molecular complexity index is 932. The van der Waals surface area contributed by atoms with Crippen LogP contribution in [0.3, 0.4) is 0 Å². The molecule has 1 aromatic heterocycles. The monoisotopic (exact) mass is 408 g/mol. The predicted octanol–water partition coefficient (Wildman–Crippen LogP) is 2.48. The van der Waals surface area contributed by atoms with Gasteiger partial charge >= 0.3 is 5.97 Å². The van der Waals surface area contributed by atoms with E-state index < -0.39 is 5.97 Å². The Morgan fingerprint density at radius 2 is 1.97 bits per heavy atom. The Hall–Kier alpha value is -2.96. The first-order valence-electron chi connectivity index (χ1n) is 10.6. The number of fused-ring (bicyclic) bond motifs is 1. The SMILES string of the molecule is COC(=O)CN(C)C(=O)[C@@H]1CCCN(c2nc(-c3ccccc3)nc3c2CCC3)C1. The summed E-state index contributed by atoms with van der Waals surface area (Å²) < 4.78 is 4.69. The number of aryl methyl sites for hydroxylation is 1. The molecule has 0 saturated carbocycles. The molecule has 7 heteroatoms. The van der Waals surface area contributed by atoms with Crippen LogP contribution in [0.5, 0.6) is 0 Å². The summed E-state index contributed by atoms with van der Waals surface area (Å²) >= 11 is 0. The topological polar surface area (TPSA) is 75.6 Å². The molecule has 1 aliphatic carbocycles. The van der Waals surface area contributed by atoms with E-state index in [1.54, 1.807) is 7.05 Å². The maximum absolute atomic E-state index is 12.9. The number of likely N-dealkylation sites (N-methyl/N-ethyl adjacent to an activating group) is 1. The normalized spacial score (nSPS) is 18.1. The summed E-state index contributed by atoms with van der Waals surface area (Å²) in [4.78, 5) is 38.0. The highest BCUT2D eigenvalue weighted by molar-refractivity contribution is 5.84. The van der Waals surface area contributed by atoms with Gasteiger partial charge in [-0.3, -0.25) is 9.59 Å². The first-order valence-corrected chi connectivity index (χ1v) is 10.6. The van der Waals surface area contributed by atoms with Gasteiger partial charge in [-0.15, -0.1) is 0 Å². The summed E-state index contributed by atoms with van der Waals surface area (Å²) in [6.45, 7) is 1.47. The summed E-state index contributed by atoms with van der Waals surface area (Å²) in [5, 5.41) is 0. The maximum atomic E-state index is 12.9. The van der Waals surface area contributed by atoms with E-state index in [1.807, 2.05) is 30.3 Å². The number of carbonyl (C=O) groups is 2. The molecule has 0 unspecified atom stereocenters. The van der Waals surface area contributed by atoms with Crippen molar-refractivity contribution in [2.45, 2.75) is 32.1 Å². The molecular weight excluding hydrogens is 380 g/mol. The van der Waals surface area contributed by atoms with Crippen molar-refractivity contribution >= 4 is 17.7 Å². The largest absolute Gasteiger partial charge is 0.468 e. The second kappa shape index (κ2) is 8.81. The Balaban J connectivity index is 1.58. The zero-order chi connectivity index (χ0) is 21.1. The van der Waals surface area contributed by atoms with Crippen LogP contribution >= 0.6 is 0 Å². The fraction of sp³-hybridized carbons (Fsp3) is 0.478. The average molecular weight is 409 g/mol. The molecule has 1 atom stereocenters. The van der Waals surface area contributed by atoms with Crippen LogP contribution in [0.15, 0.2) is 30.3 Å². The van der Waals surface area contributed by atoms with Crippen molar-refractivity contribution < 1.29 is 14.3 Å². The molecule has 2 aromatic rings. The predicted molar refractivity (Wildman–Crippen MR) is 114 cm³/mol. The van der Waals surface area contributed by atoms with E-state index in [0.717, 1.165) is 61.5 Å². The van der Waals surface area contributed by atoms with E-state index in [2.05, 4.69) is 4.90 Å². The van der Waals surface area contributed by atoms with Gasteiger partial charge in [-0.1, -0.05) is 30.3 Å². The molecule has 30 heavy (non-hydrogen) atoms. The lowest BCUT2D eigenvalue weighted by Gasteiger charge is -2.35. The van der Waals surface area contributed by atoms with Crippen molar-refractivity contribution in [2.75, 3.05) is 38.7 Å². The van der Waals surface area contributed by atoms with Crippen LogP contribution in [0.4, 0.5) is 5.82 Å². The van der Waals surface area contributed by atoms with Gasteiger partial charge in [0.05, 0.1) is 13.0 Å². The molecule has 7 nitrogen and oxygen atoms in total. The highest BCUT2D eigenvalue weighted by Gasteiger charge is 2.32. The van der Waals surface area contributed by atoms with Gasteiger partial charge in [0, 0.05) is 37.0 Å². The Morgan fingerprint density at radius 3 is 2.73 bits per heavy atom. The zero-order valence-corrected chi connectivity index (χ0v) is 17.6. The Morgan fingerprint density at radius 1 is 1.17 bits per heavy atom. The number of hydrogen-bond donors (Lipinski definition) is 0. The van der Waals surface area contributed by atoms with Crippen molar-refractivity contribution in [3.8, 4) is 11.4 Å². The number of rotatable bonds is 5. The standard InChI is InChI=1S/C23H28N4O3/c1-26(15-20(28)30-2)23(29)17-10-7-13-27(14-17)22-18-11-6-12-19(18)24-21(25-22)16-8-4-3-5-9-16/h3-5,8-9,17H,6-7,10-15H2,1-2H3/t17-/m1/s1. The summed E-state index contributed by atoms with van der Waals surface area (Å²) in [6.07, 6.45) is 4.79. The number of anilines is 1. The number of esters is 1. The van der Waals surface area contributed by atoms with E-state index in [1.165, 1.54) is 17.6 Å². The highest BCUT2D eigenvalue weighted by atomic mass is 16.5. The molecular formula is C23H28N4O3. The van der Waals surface area contributed by atoms with Crippen molar-refractivity contribution in [1.29, 1.82) is 0 Å². The van der Waals surface area contributed by atoms with Gasteiger partial charge in [-0.25, -0.2) is 9.97 Å². The summed E-state index contributed by atoms with van der Waals surface area (Å²) in [7, 11) is 3.00. The number of methoxy groups -OCH3 is 1. The fourth-order valence-corrected chi connectivity index (χ4v) is 4.41. The molecule has 1 saturated heterocycles. The van der Waals surface area contributed by atoms with Crippen molar-refractivity contribution in [1.82, 2.24) is 14.9 Å². The quantitative estimate of drug-likeness (QED) is 0.708. The lowest BCUT2D eigenvalue weighted by Crippen LogP contribution is -2.45. The molecule has 1 aromatic carbocycles. The van der Waals surface area contributed by atoms with Crippen LogP contribution in [0.1, 0.15) is 30.5 Å². The van der Waals surface area contributed by atoms with Crippen LogP contribution in [0, 0.1) is 5.92 Å². The van der Waals surface area contributed by atoms with E-state index in [9.17, 15) is 9.59 Å². The number of hydrogen-bond acceptors (Lipinski definition) is 6. The lowest BCUT2D eigenvalue weighted by atomic mass is 9.96. The number of aromatic nitrogens is 2. The van der Waals surface area contributed by atoms with Gasteiger partial charge in [0.25, 0.3) is 0 Å². The average Bonchev–Trinajstić information content (AvgIpc) is 3.27. The van der Waals surface area contributed by atoms with Crippen LogP contribution in [0.25, 0.3) is 11.4 Å². The molecule has 0 bridgehead atoms. The van der Waals surface area contributed by atoms with Gasteiger partial charge in [-0.05, 0) is 32.1 Å². The second-order valence-corrected chi connectivity index (χ2v) is 8.07. The minimum Gasteiger partial charge on any atom is -0.468 e. The molecule has 2 aliphatic rings. The number of nitrogens with zero attached hydrogens (tertiary/aromatic N) is 4. The first-order chi connectivity index (χ1) is 14.6. The third kappa shape index (κ3) is 4.15. The Kier molecular flexibility index (Phi) is 5.97. The van der Waals surface area contributed by atoms with E-state index in [0.29, 0.717) is 6.54 Å². The smallest absolute Gasteiger partial charge is 0.325 e. The van der Waals surface area contributed by atoms with E-state index >= 15 is 0 Å². The van der Waals surface area contributed by atoms with Crippen molar-refractivity contribution in [3.63, 3.8) is 0 Å². The third-order valence-corrected chi connectivity index (χ3v) is 5.98. The summed E-state index contributed by atoms with van der Waals surface area (Å²) in [5.74, 6) is 1.16. The third-order valence-electron chi connectivity index (χ3n) is 5.98. The minimum atomic E-state index is -0.403. The van der Waals surface area contributed by atoms with Gasteiger partial charge in [0.15, 0.2) is 5.82 Å². The highest BCUT2D eigenvalue weighted by Crippen LogP contribution is 2.33. The van der Waals surface area contributed by atoms with E-state index in [-0.39, 0.29) is 18.4 Å². The Labute approximate surface area is 177 Å². The van der Waals surface area contributed by atoms with E-state index in [4.69, 9.17) is 14.7 Å². The number of carbonyl (C=O) groups excluding carboxylic acids is 2. The molecule has 4 rings (SSSR count). The summed E-state index contributed by atoms with van der Waals surface area (Å²) in [6, 6.07) is 10.1. The van der Waals surface area contributed by atoms with Gasteiger partial charge in [0.2, 0.25) is 5.91 Å². The molecule has 0 N–H and O–H groups in total. The first kappa shape index (κ1) is 20.3. The number of amides is 1. The molecule has 0 radical (unpaired) electrons. The molecule has 1 aliphatic heterocycles. The molecule has 158 valence electrons. The fourth-order valence-electron chi connectivity index (χ4n) is 4.41. The van der Waals surface area contributed by atoms with Crippen LogP contribution in [-0.4, -0.2) is 60.5 Å². The number of piperidine rings is 1. The molecule has 1 amide bonds. The maximum Gasteiger partial charge on any atom is 0.325 e. The van der Waals surface area contributed by atoms with Gasteiger partial charge in [0.1, 0.15) is 12.4 Å². The van der Waals surface area contributed by atoms with Crippen LogP contribution in [0.2, 0.25) is 0 Å². The van der Waals surface area contributed by atoms with Crippen molar-refractivity contribution in [3.05, 3.63) is 41.6 Å². The van der Waals surface area contributed by atoms with Crippen LogP contribution < -0.4 is 4.90 Å². The zero-order valence-electron chi connectivity index (χ0n) is 17.6. The second-order valence-electron chi connectivity index (χ2n) is 8.07. The summed E-state index contributed by atoms with van der Waals surface area (Å²) in [5.41, 5.74) is 3.37. The minimum absolute atomic E-state index is 0.0147. The lowest BCUT2D eigenvalue weighted by molar-refractivity contribution is -0.147. The van der Waals surface area contributed by atoms with Crippen LogP contribution in [-0.2, 0) is 27.2 Å². The molecule has 2 heterocycles. The molecule has 1 fully saturated rings. The number of ether oxygens (including phenoxy) is 1. The van der Waals surface area contributed by atoms with Gasteiger partial charge < -0.3 is 14.5 Å².